The molecule has 0 saturated carbocycles. The molecule has 0 unspecified atom stereocenters. The largest absolute Gasteiger partial charge is 0.439 e. The van der Waals surface area contributed by atoms with Gasteiger partial charge in [-0.05, 0) is 42.6 Å². The van der Waals surface area contributed by atoms with Crippen molar-refractivity contribution in [1.29, 1.82) is 0 Å². The molecule has 1 aromatic carbocycles. The SMILES string of the molecule is CSc1cccc(Sc2nc(C)co2)c1CN. The molecule has 0 saturated heterocycles. The van der Waals surface area contributed by atoms with Gasteiger partial charge in [0.15, 0.2) is 0 Å². The number of oxazole rings is 1. The Hall–Kier alpha value is -0.910. The molecule has 2 rings (SSSR count). The lowest BCUT2D eigenvalue weighted by atomic mass is 10.2. The second-order valence-corrected chi connectivity index (χ2v) is 5.34. The maximum atomic E-state index is 5.81. The Morgan fingerprint density at radius 1 is 1.35 bits per heavy atom. The van der Waals surface area contributed by atoms with Gasteiger partial charge in [0.05, 0.1) is 5.69 Å². The number of hydrogen-bond acceptors (Lipinski definition) is 5. The summed E-state index contributed by atoms with van der Waals surface area (Å²) in [4.78, 5) is 6.61. The molecule has 0 spiro atoms. The first-order chi connectivity index (χ1) is 8.24. The average molecular weight is 266 g/mol. The van der Waals surface area contributed by atoms with Gasteiger partial charge in [-0.25, -0.2) is 4.98 Å². The van der Waals surface area contributed by atoms with Crippen LogP contribution in [0.5, 0.6) is 0 Å². The summed E-state index contributed by atoms with van der Waals surface area (Å²) in [6.45, 7) is 2.44. The van der Waals surface area contributed by atoms with E-state index in [9.17, 15) is 0 Å². The standard InChI is InChI=1S/C12H14N2OS2/c1-8-7-15-12(14-8)17-11-5-3-4-10(16-2)9(11)6-13/h3-5,7H,6,13H2,1-2H3. The third kappa shape index (κ3) is 2.86. The van der Waals surface area contributed by atoms with E-state index in [2.05, 4.69) is 17.3 Å². The molecule has 0 atom stereocenters. The number of nitrogens with zero attached hydrogens (tertiary/aromatic N) is 1. The molecule has 2 aromatic rings. The predicted molar refractivity (Wildman–Crippen MR) is 71.5 cm³/mol. The minimum atomic E-state index is 0.527. The van der Waals surface area contributed by atoms with Crippen LogP contribution in [-0.4, -0.2) is 11.2 Å². The van der Waals surface area contributed by atoms with Crippen molar-refractivity contribution < 1.29 is 4.42 Å². The molecule has 2 N–H and O–H groups in total. The van der Waals surface area contributed by atoms with E-state index in [1.807, 2.05) is 19.1 Å². The number of benzene rings is 1. The van der Waals surface area contributed by atoms with Gasteiger partial charge in [-0.15, -0.1) is 11.8 Å². The van der Waals surface area contributed by atoms with Gasteiger partial charge >= 0.3 is 0 Å². The van der Waals surface area contributed by atoms with Crippen LogP contribution in [0.2, 0.25) is 0 Å². The normalized spacial score (nSPS) is 10.8. The van der Waals surface area contributed by atoms with Crippen LogP contribution in [0.15, 0.2) is 43.9 Å². The quantitative estimate of drug-likeness (QED) is 0.860. The van der Waals surface area contributed by atoms with Gasteiger partial charge in [-0.2, -0.15) is 0 Å². The van der Waals surface area contributed by atoms with Crippen LogP contribution < -0.4 is 5.73 Å². The van der Waals surface area contributed by atoms with Crippen LogP contribution >= 0.6 is 23.5 Å². The van der Waals surface area contributed by atoms with Crippen LogP contribution in [0.25, 0.3) is 0 Å². The summed E-state index contributed by atoms with van der Waals surface area (Å²) in [6.07, 6.45) is 3.71. The second-order valence-electron chi connectivity index (χ2n) is 3.50. The fourth-order valence-corrected chi connectivity index (χ4v) is 3.16. The Morgan fingerprint density at radius 3 is 2.71 bits per heavy atom. The second kappa shape index (κ2) is 5.62. The van der Waals surface area contributed by atoms with Gasteiger partial charge in [-0.1, -0.05) is 6.07 Å². The molecular weight excluding hydrogens is 252 g/mol. The smallest absolute Gasteiger partial charge is 0.260 e. The van der Waals surface area contributed by atoms with Crippen molar-refractivity contribution in [2.45, 2.75) is 28.5 Å². The first-order valence-electron chi connectivity index (χ1n) is 5.20. The van der Waals surface area contributed by atoms with E-state index in [1.54, 1.807) is 18.0 Å². The highest BCUT2D eigenvalue weighted by molar-refractivity contribution is 7.99. The fraction of sp³-hybridized carbons (Fsp3) is 0.250. The van der Waals surface area contributed by atoms with Gasteiger partial charge in [0.25, 0.3) is 5.22 Å². The van der Waals surface area contributed by atoms with Gasteiger partial charge in [0, 0.05) is 16.3 Å². The summed E-state index contributed by atoms with van der Waals surface area (Å²) >= 11 is 3.22. The van der Waals surface area contributed by atoms with Crippen molar-refractivity contribution in [3.8, 4) is 0 Å². The van der Waals surface area contributed by atoms with Gasteiger partial charge in [0.2, 0.25) is 0 Å². The molecule has 17 heavy (non-hydrogen) atoms. The zero-order chi connectivity index (χ0) is 12.3. The highest BCUT2D eigenvalue weighted by Crippen LogP contribution is 2.34. The number of aryl methyl sites for hydroxylation is 1. The highest BCUT2D eigenvalue weighted by Gasteiger charge is 2.10. The molecule has 0 aliphatic rings. The van der Waals surface area contributed by atoms with Crippen molar-refractivity contribution in [1.82, 2.24) is 4.98 Å². The molecule has 0 fully saturated rings. The Labute approximate surface area is 109 Å². The Balaban J connectivity index is 2.32. The number of rotatable bonds is 4. The number of nitrogens with two attached hydrogens (primary N) is 1. The number of aromatic nitrogens is 1. The lowest BCUT2D eigenvalue weighted by Crippen LogP contribution is -2.00. The van der Waals surface area contributed by atoms with E-state index >= 15 is 0 Å². The van der Waals surface area contributed by atoms with Crippen molar-refractivity contribution in [2.24, 2.45) is 5.73 Å². The predicted octanol–water partition coefficient (Wildman–Crippen LogP) is 3.31. The van der Waals surface area contributed by atoms with Crippen molar-refractivity contribution in [3.05, 3.63) is 35.7 Å². The highest BCUT2D eigenvalue weighted by atomic mass is 32.2. The summed E-state index contributed by atoms with van der Waals surface area (Å²) in [7, 11) is 0. The first-order valence-corrected chi connectivity index (χ1v) is 7.24. The van der Waals surface area contributed by atoms with Gasteiger partial charge < -0.3 is 10.2 Å². The summed E-state index contributed by atoms with van der Waals surface area (Å²) in [5.74, 6) is 0. The molecule has 5 heteroatoms. The molecule has 1 aromatic heterocycles. The third-order valence-electron chi connectivity index (χ3n) is 2.31. The van der Waals surface area contributed by atoms with E-state index in [0.717, 1.165) is 16.2 Å². The molecule has 0 radical (unpaired) electrons. The Bertz CT molecular complexity index is 511. The van der Waals surface area contributed by atoms with Crippen LogP contribution in [-0.2, 0) is 6.54 Å². The minimum Gasteiger partial charge on any atom is -0.439 e. The van der Waals surface area contributed by atoms with Crippen LogP contribution in [0, 0.1) is 6.92 Å². The van der Waals surface area contributed by atoms with Crippen molar-refractivity contribution in [3.63, 3.8) is 0 Å². The molecule has 1 heterocycles. The Kier molecular flexibility index (Phi) is 4.15. The average Bonchev–Trinajstić information content (AvgIpc) is 2.74. The fourth-order valence-electron chi connectivity index (χ4n) is 1.51. The molecule has 0 amide bonds. The Morgan fingerprint density at radius 2 is 2.12 bits per heavy atom. The van der Waals surface area contributed by atoms with E-state index in [0.29, 0.717) is 11.8 Å². The van der Waals surface area contributed by atoms with Crippen LogP contribution in [0.4, 0.5) is 0 Å². The lowest BCUT2D eigenvalue weighted by Gasteiger charge is -2.09. The van der Waals surface area contributed by atoms with Gasteiger partial charge in [0.1, 0.15) is 6.26 Å². The zero-order valence-electron chi connectivity index (χ0n) is 9.77. The summed E-state index contributed by atoms with van der Waals surface area (Å²) < 4.78 is 5.35. The monoisotopic (exact) mass is 266 g/mol. The maximum absolute atomic E-state index is 5.81. The number of thioether (sulfide) groups is 1. The van der Waals surface area contributed by atoms with E-state index in [1.165, 1.54) is 16.7 Å². The summed E-state index contributed by atoms with van der Waals surface area (Å²) in [6, 6.07) is 6.16. The maximum Gasteiger partial charge on any atom is 0.260 e. The molecule has 3 nitrogen and oxygen atoms in total. The van der Waals surface area contributed by atoms with Crippen LogP contribution in [0.1, 0.15) is 11.3 Å². The summed E-state index contributed by atoms with van der Waals surface area (Å²) in [5.41, 5.74) is 7.85. The van der Waals surface area contributed by atoms with Crippen molar-refractivity contribution in [2.75, 3.05) is 6.26 Å². The third-order valence-corrected chi connectivity index (χ3v) is 4.10. The molecular formula is C12H14N2OS2. The molecule has 0 aliphatic heterocycles. The molecule has 90 valence electrons. The van der Waals surface area contributed by atoms with E-state index < -0.39 is 0 Å². The first kappa shape index (κ1) is 12.5. The molecule has 0 bridgehead atoms. The molecule has 0 aliphatic carbocycles. The minimum absolute atomic E-state index is 0.527. The van der Waals surface area contributed by atoms with Gasteiger partial charge in [-0.3, -0.25) is 0 Å². The zero-order valence-corrected chi connectivity index (χ0v) is 11.4. The summed E-state index contributed by atoms with van der Waals surface area (Å²) in [5, 5.41) is 0.662. The topological polar surface area (TPSA) is 52.0 Å². The van der Waals surface area contributed by atoms with Crippen LogP contribution in [0.3, 0.4) is 0 Å². The van der Waals surface area contributed by atoms with E-state index in [4.69, 9.17) is 10.2 Å². The number of hydrogen-bond donors (Lipinski definition) is 1. The van der Waals surface area contributed by atoms with Crippen molar-refractivity contribution >= 4 is 23.5 Å². The van der Waals surface area contributed by atoms with E-state index in [-0.39, 0.29) is 0 Å². The lowest BCUT2D eigenvalue weighted by molar-refractivity contribution is 0.454.